The van der Waals surface area contributed by atoms with Crippen molar-refractivity contribution in [3.05, 3.63) is 57.0 Å². The highest BCUT2D eigenvalue weighted by Crippen LogP contribution is 2.28. The van der Waals surface area contributed by atoms with Gasteiger partial charge >= 0.3 is 0 Å². The molecular weight excluding hydrogens is 404 g/mol. The van der Waals surface area contributed by atoms with E-state index in [0.717, 1.165) is 24.6 Å². The molecular formula is C18H17BrN2OS2. The number of aryl methyl sites for hydroxylation is 2. The molecule has 124 valence electrons. The molecule has 1 aromatic heterocycles. The number of halogens is 1. The van der Waals surface area contributed by atoms with E-state index in [-0.39, 0.29) is 5.91 Å². The topological polar surface area (TPSA) is 42.0 Å². The van der Waals surface area contributed by atoms with Crippen LogP contribution in [-0.2, 0) is 11.3 Å². The van der Waals surface area contributed by atoms with Crippen LogP contribution < -0.4 is 5.32 Å². The second-order valence-electron chi connectivity index (χ2n) is 5.51. The fourth-order valence-corrected chi connectivity index (χ4v) is 4.57. The average Bonchev–Trinajstić information content (AvgIpc) is 2.98. The van der Waals surface area contributed by atoms with Gasteiger partial charge in [0.1, 0.15) is 5.01 Å². The van der Waals surface area contributed by atoms with E-state index in [9.17, 15) is 4.79 Å². The number of fused-ring (bicyclic) bond motifs is 1. The van der Waals surface area contributed by atoms with E-state index in [4.69, 9.17) is 0 Å². The van der Waals surface area contributed by atoms with Crippen LogP contribution in [0.4, 0.5) is 0 Å². The highest BCUT2D eigenvalue weighted by atomic mass is 79.9. The van der Waals surface area contributed by atoms with Crippen LogP contribution in [0, 0.1) is 13.8 Å². The maximum atomic E-state index is 12.1. The van der Waals surface area contributed by atoms with Gasteiger partial charge in [0.15, 0.2) is 0 Å². The van der Waals surface area contributed by atoms with Gasteiger partial charge in [-0.3, -0.25) is 4.79 Å². The van der Waals surface area contributed by atoms with Crippen molar-refractivity contribution in [1.82, 2.24) is 10.3 Å². The number of nitrogens with zero attached hydrogens (tertiary/aromatic N) is 1. The molecule has 1 heterocycles. The van der Waals surface area contributed by atoms with Crippen LogP contribution in [0.3, 0.4) is 0 Å². The maximum Gasteiger partial charge on any atom is 0.230 e. The minimum atomic E-state index is 0.0271. The normalized spacial score (nSPS) is 11.0. The Bertz CT molecular complexity index is 859. The maximum absolute atomic E-state index is 12.1. The number of carbonyl (C=O) groups excluding carboxylic acids is 1. The van der Waals surface area contributed by atoms with Crippen LogP contribution in [0.5, 0.6) is 0 Å². The first-order valence-corrected chi connectivity index (χ1v) is 10.1. The molecule has 1 N–H and O–H groups in total. The summed E-state index contributed by atoms with van der Waals surface area (Å²) >= 11 is 6.72. The molecule has 24 heavy (non-hydrogen) atoms. The summed E-state index contributed by atoms with van der Waals surface area (Å²) in [7, 11) is 0. The summed E-state index contributed by atoms with van der Waals surface area (Å²) in [4.78, 5) is 17.8. The van der Waals surface area contributed by atoms with Crippen LogP contribution in [0.1, 0.15) is 16.1 Å². The lowest BCUT2D eigenvalue weighted by Gasteiger charge is -2.08. The van der Waals surface area contributed by atoms with E-state index in [1.165, 1.54) is 11.1 Å². The van der Waals surface area contributed by atoms with Gasteiger partial charge in [-0.2, -0.15) is 0 Å². The molecule has 0 radical (unpaired) electrons. The summed E-state index contributed by atoms with van der Waals surface area (Å²) in [5.41, 5.74) is 3.34. The van der Waals surface area contributed by atoms with Crippen LogP contribution in [0.25, 0.3) is 10.2 Å². The molecule has 0 atom stereocenters. The van der Waals surface area contributed by atoms with Crippen LogP contribution in [0.15, 0.2) is 45.8 Å². The summed E-state index contributed by atoms with van der Waals surface area (Å²) in [5, 5.41) is 3.89. The Labute approximate surface area is 158 Å². The molecule has 0 saturated carbocycles. The first kappa shape index (κ1) is 17.5. The van der Waals surface area contributed by atoms with Crippen molar-refractivity contribution in [3.63, 3.8) is 0 Å². The Balaban J connectivity index is 1.55. The Morgan fingerprint density at radius 2 is 2.04 bits per heavy atom. The van der Waals surface area contributed by atoms with E-state index < -0.39 is 0 Å². The molecule has 6 heteroatoms. The zero-order valence-corrected chi connectivity index (χ0v) is 16.6. The molecule has 3 rings (SSSR count). The minimum Gasteiger partial charge on any atom is -0.349 e. The summed E-state index contributed by atoms with van der Waals surface area (Å²) in [5.74, 6) is 0.437. The highest BCUT2D eigenvalue weighted by molar-refractivity contribution is 9.10. The van der Waals surface area contributed by atoms with Crippen molar-refractivity contribution in [3.8, 4) is 0 Å². The molecule has 0 spiro atoms. The molecule has 1 amide bonds. The number of nitrogens with one attached hydrogen (secondary N) is 1. The third kappa shape index (κ3) is 4.18. The Morgan fingerprint density at radius 1 is 1.25 bits per heavy atom. The van der Waals surface area contributed by atoms with Crippen molar-refractivity contribution in [2.45, 2.75) is 25.3 Å². The Hall–Kier alpha value is -1.37. The van der Waals surface area contributed by atoms with Gasteiger partial charge in [-0.05, 0) is 49.2 Å². The number of thiazole rings is 1. The Morgan fingerprint density at radius 3 is 2.83 bits per heavy atom. The molecule has 0 aliphatic rings. The number of amides is 1. The number of hydrogen-bond acceptors (Lipinski definition) is 4. The van der Waals surface area contributed by atoms with Crippen LogP contribution >= 0.6 is 39.0 Å². The fourth-order valence-electron chi connectivity index (χ4n) is 2.27. The van der Waals surface area contributed by atoms with Crippen molar-refractivity contribution in [1.29, 1.82) is 0 Å². The van der Waals surface area contributed by atoms with E-state index in [1.807, 2.05) is 24.3 Å². The smallest absolute Gasteiger partial charge is 0.230 e. The van der Waals surface area contributed by atoms with Gasteiger partial charge in [0.2, 0.25) is 5.91 Å². The lowest BCUT2D eigenvalue weighted by atomic mass is 10.2. The zero-order valence-electron chi connectivity index (χ0n) is 13.4. The molecule has 0 aliphatic heterocycles. The van der Waals surface area contributed by atoms with Crippen LogP contribution in [-0.4, -0.2) is 16.6 Å². The number of rotatable bonds is 5. The van der Waals surface area contributed by atoms with Gasteiger partial charge in [0, 0.05) is 9.37 Å². The third-order valence-corrected chi connectivity index (χ3v) is 6.64. The van der Waals surface area contributed by atoms with E-state index >= 15 is 0 Å². The fraction of sp³-hybridized carbons (Fsp3) is 0.222. The van der Waals surface area contributed by atoms with Gasteiger partial charge in [-0.25, -0.2) is 4.98 Å². The number of thioether (sulfide) groups is 1. The number of hydrogen-bond donors (Lipinski definition) is 1. The van der Waals surface area contributed by atoms with E-state index in [0.29, 0.717) is 12.3 Å². The quantitative estimate of drug-likeness (QED) is 0.584. The standard InChI is InChI=1S/C18H17BrN2OS2/c1-11-8-16(12(2)7-13(11)19)23-10-17(22)20-9-18-21-14-5-3-4-6-15(14)24-18/h3-8H,9-10H2,1-2H3,(H,20,22). The van der Waals surface area contributed by atoms with Gasteiger partial charge in [-0.15, -0.1) is 23.1 Å². The minimum absolute atomic E-state index is 0.0271. The van der Waals surface area contributed by atoms with Gasteiger partial charge in [-0.1, -0.05) is 28.1 Å². The summed E-state index contributed by atoms with van der Waals surface area (Å²) in [6.45, 7) is 4.60. The summed E-state index contributed by atoms with van der Waals surface area (Å²) in [6.07, 6.45) is 0. The second kappa shape index (κ2) is 7.68. The van der Waals surface area contributed by atoms with E-state index in [2.05, 4.69) is 52.2 Å². The third-order valence-electron chi connectivity index (χ3n) is 3.59. The number of aromatic nitrogens is 1. The monoisotopic (exact) mass is 420 g/mol. The van der Waals surface area contributed by atoms with Gasteiger partial charge in [0.05, 0.1) is 22.5 Å². The summed E-state index contributed by atoms with van der Waals surface area (Å²) < 4.78 is 2.25. The van der Waals surface area contributed by atoms with Crippen molar-refractivity contribution >= 4 is 55.2 Å². The predicted octanol–water partition coefficient (Wildman–Crippen LogP) is 5.08. The summed E-state index contributed by atoms with van der Waals surface area (Å²) in [6, 6.07) is 12.2. The number of carbonyl (C=O) groups is 1. The van der Waals surface area contributed by atoms with Gasteiger partial charge in [0.25, 0.3) is 0 Å². The van der Waals surface area contributed by atoms with Crippen molar-refractivity contribution in [2.24, 2.45) is 0 Å². The number of benzene rings is 2. The molecule has 3 aromatic rings. The zero-order chi connectivity index (χ0) is 17.1. The highest BCUT2D eigenvalue weighted by Gasteiger charge is 2.09. The first-order valence-electron chi connectivity index (χ1n) is 7.53. The van der Waals surface area contributed by atoms with Crippen LogP contribution in [0.2, 0.25) is 0 Å². The Kier molecular flexibility index (Phi) is 5.58. The number of para-hydroxylation sites is 1. The average molecular weight is 421 g/mol. The second-order valence-corrected chi connectivity index (χ2v) is 8.49. The molecule has 2 aromatic carbocycles. The first-order chi connectivity index (χ1) is 11.5. The molecule has 0 aliphatic carbocycles. The SMILES string of the molecule is Cc1cc(SCC(=O)NCc2nc3ccccc3s2)c(C)cc1Br. The predicted molar refractivity (Wildman–Crippen MR) is 106 cm³/mol. The molecule has 3 nitrogen and oxygen atoms in total. The molecule has 0 fully saturated rings. The molecule has 0 bridgehead atoms. The van der Waals surface area contributed by atoms with Crippen molar-refractivity contribution in [2.75, 3.05) is 5.75 Å². The largest absolute Gasteiger partial charge is 0.349 e. The molecule has 0 saturated heterocycles. The van der Waals surface area contributed by atoms with Crippen molar-refractivity contribution < 1.29 is 4.79 Å². The van der Waals surface area contributed by atoms with Gasteiger partial charge < -0.3 is 5.32 Å². The lowest BCUT2D eigenvalue weighted by Crippen LogP contribution is -2.24. The lowest BCUT2D eigenvalue weighted by molar-refractivity contribution is -0.118. The van der Waals surface area contributed by atoms with E-state index in [1.54, 1.807) is 23.1 Å². The molecule has 0 unspecified atom stereocenters.